The minimum absolute atomic E-state index is 0.0818. The first-order valence-electron chi connectivity index (χ1n) is 7.05. The fourth-order valence-electron chi connectivity index (χ4n) is 2.76. The summed E-state index contributed by atoms with van der Waals surface area (Å²) in [5.41, 5.74) is 1.95. The van der Waals surface area contributed by atoms with Crippen molar-refractivity contribution in [3.8, 4) is 11.5 Å². The number of hydrogen-bond donors (Lipinski definition) is 2. The summed E-state index contributed by atoms with van der Waals surface area (Å²) in [5, 5.41) is 13.7. The summed E-state index contributed by atoms with van der Waals surface area (Å²) in [5.74, 6) is 1.26. The van der Waals surface area contributed by atoms with Gasteiger partial charge in [-0.1, -0.05) is 20.8 Å². The van der Waals surface area contributed by atoms with E-state index in [1.54, 1.807) is 7.11 Å². The number of rotatable bonds is 3. The minimum Gasteiger partial charge on any atom is -0.508 e. The zero-order valence-corrected chi connectivity index (χ0v) is 12.4. The predicted octanol–water partition coefficient (Wildman–Crippen LogP) is 2.99. The first-order chi connectivity index (χ1) is 8.91. The van der Waals surface area contributed by atoms with E-state index in [1.807, 2.05) is 12.1 Å². The van der Waals surface area contributed by atoms with Crippen molar-refractivity contribution in [2.24, 2.45) is 0 Å². The van der Waals surface area contributed by atoms with E-state index in [0.717, 1.165) is 29.8 Å². The van der Waals surface area contributed by atoms with Crippen molar-refractivity contribution in [1.29, 1.82) is 0 Å². The lowest BCUT2D eigenvalue weighted by molar-refractivity contribution is 0.397. The Labute approximate surface area is 116 Å². The number of methoxy groups -OCH3 is 1. The van der Waals surface area contributed by atoms with Crippen LogP contribution in [-0.2, 0) is 11.8 Å². The van der Waals surface area contributed by atoms with Crippen LogP contribution in [0.3, 0.4) is 0 Å². The van der Waals surface area contributed by atoms with Crippen molar-refractivity contribution >= 4 is 0 Å². The van der Waals surface area contributed by atoms with Crippen LogP contribution >= 0.6 is 0 Å². The van der Waals surface area contributed by atoms with Gasteiger partial charge in [0.05, 0.1) is 7.11 Å². The summed E-state index contributed by atoms with van der Waals surface area (Å²) < 4.78 is 5.51. The van der Waals surface area contributed by atoms with E-state index in [4.69, 9.17) is 4.74 Å². The Morgan fingerprint density at radius 3 is 2.63 bits per heavy atom. The molecular formula is C16H25NO2. The second-order valence-electron chi connectivity index (χ2n) is 6.43. The maximum absolute atomic E-state index is 10.2. The van der Waals surface area contributed by atoms with Crippen LogP contribution in [-0.4, -0.2) is 24.8 Å². The average molecular weight is 263 g/mol. The van der Waals surface area contributed by atoms with E-state index in [1.165, 1.54) is 12.8 Å². The molecule has 0 bridgehead atoms. The van der Waals surface area contributed by atoms with Crippen LogP contribution in [0.1, 0.15) is 44.7 Å². The molecule has 1 aromatic rings. The van der Waals surface area contributed by atoms with Crippen LogP contribution in [0.2, 0.25) is 0 Å². The van der Waals surface area contributed by atoms with E-state index in [2.05, 4.69) is 26.1 Å². The van der Waals surface area contributed by atoms with E-state index in [0.29, 0.717) is 11.8 Å². The monoisotopic (exact) mass is 263 g/mol. The maximum Gasteiger partial charge on any atom is 0.122 e. The van der Waals surface area contributed by atoms with Gasteiger partial charge in [-0.15, -0.1) is 0 Å². The number of phenolic OH excluding ortho intramolecular Hbond substituents is 1. The van der Waals surface area contributed by atoms with Gasteiger partial charge >= 0.3 is 0 Å². The number of ether oxygens (including phenoxy) is 1. The third kappa shape index (κ3) is 3.21. The highest BCUT2D eigenvalue weighted by molar-refractivity contribution is 5.48. The van der Waals surface area contributed by atoms with Crippen LogP contribution in [0.4, 0.5) is 0 Å². The Morgan fingerprint density at radius 2 is 2.11 bits per heavy atom. The minimum atomic E-state index is -0.0818. The average Bonchev–Trinajstić information content (AvgIpc) is 2.80. The van der Waals surface area contributed by atoms with Gasteiger partial charge in [0.2, 0.25) is 0 Å². The van der Waals surface area contributed by atoms with Gasteiger partial charge in [-0.25, -0.2) is 0 Å². The Balaban J connectivity index is 2.31. The lowest BCUT2D eigenvalue weighted by atomic mass is 9.85. The van der Waals surface area contributed by atoms with Gasteiger partial charge in [-0.05, 0) is 48.9 Å². The van der Waals surface area contributed by atoms with Crippen LogP contribution in [0, 0.1) is 0 Å². The van der Waals surface area contributed by atoms with Gasteiger partial charge in [0.25, 0.3) is 0 Å². The molecule has 3 nitrogen and oxygen atoms in total. The lowest BCUT2D eigenvalue weighted by Gasteiger charge is -2.23. The lowest BCUT2D eigenvalue weighted by Crippen LogP contribution is -2.24. The number of nitrogens with one attached hydrogen (secondary N) is 1. The van der Waals surface area contributed by atoms with Gasteiger partial charge in [-0.2, -0.15) is 0 Å². The molecule has 1 atom stereocenters. The number of phenols is 1. The molecule has 1 saturated heterocycles. The molecule has 1 aliphatic rings. The molecule has 1 aromatic carbocycles. The van der Waals surface area contributed by atoms with Crippen molar-refractivity contribution in [2.45, 2.75) is 51.5 Å². The zero-order chi connectivity index (χ0) is 14.0. The highest BCUT2D eigenvalue weighted by atomic mass is 16.5. The molecule has 1 aliphatic heterocycles. The molecule has 0 aliphatic carbocycles. The van der Waals surface area contributed by atoms with Crippen LogP contribution in [0.25, 0.3) is 0 Å². The van der Waals surface area contributed by atoms with Crippen LogP contribution < -0.4 is 10.1 Å². The van der Waals surface area contributed by atoms with E-state index >= 15 is 0 Å². The molecule has 106 valence electrons. The normalized spacial score (nSPS) is 19.7. The molecule has 2 N–H and O–H groups in total. The number of hydrogen-bond acceptors (Lipinski definition) is 3. The van der Waals surface area contributed by atoms with Gasteiger partial charge < -0.3 is 15.2 Å². The topological polar surface area (TPSA) is 41.5 Å². The summed E-state index contributed by atoms with van der Waals surface area (Å²) in [4.78, 5) is 0. The van der Waals surface area contributed by atoms with Crippen LogP contribution in [0.5, 0.6) is 11.5 Å². The first kappa shape index (κ1) is 14.2. The summed E-state index contributed by atoms with van der Waals surface area (Å²) >= 11 is 0. The second-order valence-corrected chi connectivity index (χ2v) is 6.43. The Kier molecular flexibility index (Phi) is 4.04. The summed E-state index contributed by atoms with van der Waals surface area (Å²) in [6.45, 7) is 7.39. The van der Waals surface area contributed by atoms with E-state index in [9.17, 15) is 5.11 Å². The molecule has 0 aromatic heterocycles. The highest BCUT2D eigenvalue weighted by Gasteiger charge is 2.22. The smallest absolute Gasteiger partial charge is 0.122 e. The van der Waals surface area contributed by atoms with Crippen molar-refractivity contribution in [3.05, 3.63) is 23.3 Å². The van der Waals surface area contributed by atoms with Crippen molar-refractivity contribution in [1.82, 2.24) is 5.32 Å². The standard InChI is InChI=1S/C16H25NO2/c1-16(2,3)13-10-15(19-4)11(9-14(13)18)8-12-6-5-7-17-12/h9-10,12,17-18H,5-8H2,1-4H3. The van der Waals surface area contributed by atoms with Crippen LogP contribution in [0.15, 0.2) is 12.1 Å². The zero-order valence-electron chi connectivity index (χ0n) is 12.4. The Morgan fingerprint density at radius 1 is 1.37 bits per heavy atom. The van der Waals surface area contributed by atoms with Crippen molar-refractivity contribution in [2.75, 3.05) is 13.7 Å². The molecule has 0 amide bonds. The fraction of sp³-hybridized carbons (Fsp3) is 0.625. The largest absolute Gasteiger partial charge is 0.508 e. The van der Waals surface area contributed by atoms with E-state index in [-0.39, 0.29) is 5.41 Å². The molecule has 0 radical (unpaired) electrons. The van der Waals surface area contributed by atoms with Crippen molar-refractivity contribution in [3.63, 3.8) is 0 Å². The SMILES string of the molecule is COc1cc(C(C)(C)C)c(O)cc1CC1CCCN1. The predicted molar refractivity (Wildman–Crippen MR) is 78.1 cm³/mol. The first-order valence-corrected chi connectivity index (χ1v) is 7.05. The molecule has 0 spiro atoms. The molecule has 1 unspecified atom stereocenters. The fourth-order valence-corrected chi connectivity index (χ4v) is 2.76. The van der Waals surface area contributed by atoms with Gasteiger partial charge in [0.15, 0.2) is 0 Å². The summed E-state index contributed by atoms with van der Waals surface area (Å²) in [7, 11) is 1.70. The van der Waals surface area contributed by atoms with Gasteiger partial charge in [-0.3, -0.25) is 0 Å². The van der Waals surface area contributed by atoms with Gasteiger partial charge in [0.1, 0.15) is 11.5 Å². The molecule has 2 rings (SSSR count). The molecule has 0 saturated carbocycles. The maximum atomic E-state index is 10.2. The quantitative estimate of drug-likeness (QED) is 0.881. The molecule has 19 heavy (non-hydrogen) atoms. The molecular weight excluding hydrogens is 238 g/mol. The third-order valence-corrected chi connectivity index (χ3v) is 3.84. The molecule has 3 heteroatoms. The summed E-state index contributed by atoms with van der Waals surface area (Å²) in [6.07, 6.45) is 3.35. The summed E-state index contributed by atoms with van der Waals surface area (Å²) in [6, 6.07) is 4.37. The Bertz CT molecular complexity index is 443. The van der Waals surface area contributed by atoms with Crippen molar-refractivity contribution < 1.29 is 9.84 Å². The number of benzene rings is 1. The molecule has 1 fully saturated rings. The Hall–Kier alpha value is -1.22. The van der Waals surface area contributed by atoms with E-state index < -0.39 is 0 Å². The second kappa shape index (κ2) is 5.41. The highest BCUT2D eigenvalue weighted by Crippen LogP contribution is 2.36. The third-order valence-electron chi connectivity index (χ3n) is 3.84. The van der Waals surface area contributed by atoms with Gasteiger partial charge in [0, 0.05) is 11.6 Å². The number of aromatic hydroxyl groups is 1. The molecule has 1 heterocycles.